The van der Waals surface area contributed by atoms with Crippen LogP contribution in [0.5, 0.6) is 0 Å². The van der Waals surface area contributed by atoms with Crippen LogP contribution in [0.2, 0.25) is 0 Å². The van der Waals surface area contributed by atoms with Crippen molar-refractivity contribution in [2.24, 2.45) is 5.92 Å². The Kier molecular flexibility index (Phi) is 9.01. The van der Waals surface area contributed by atoms with E-state index in [1.165, 1.54) is 68.8 Å². The monoisotopic (exact) mass is 623 g/mol. The molecule has 0 saturated carbocycles. The van der Waals surface area contributed by atoms with Crippen molar-refractivity contribution in [2.45, 2.75) is 72.1 Å². The first-order valence-electron chi connectivity index (χ1n) is 17.8. The van der Waals surface area contributed by atoms with Gasteiger partial charge in [0.05, 0.1) is 17.1 Å². The van der Waals surface area contributed by atoms with Gasteiger partial charge in [0.15, 0.2) is 0 Å². The number of benzene rings is 4. The number of rotatable bonds is 8. The third-order valence-corrected chi connectivity index (χ3v) is 10.5. The second-order valence-electron chi connectivity index (χ2n) is 13.5. The van der Waals surface area contributed by atoms with Crippen LogP contribution in [0, 0.1) is 17.8 Å². The van der Waals surface area contributed by atoms with Gasteiger partial charge in [-0.25, -0.2) is 0 Å². The number of allylic oxidation sites excluding steroid dienone is 7. The second-order valence-corrected chi connectivity index (χ2v) is 13.5. The van der Waals surface area contributed by atoms with E-state index in [2.05, 4.69) is 149 Å². The lowest BCUT2D eigenvalue weighted by molar-refractivity contribution is 0.626. The molecule has 4 aromatic carbocycles. The molecule has 1 aromatic heterocycles. The molecular formula is C47H45N. The molecule has 2 aliphatic carbocycles. The Balaban J connectivity index is 1.21. The van der Waals surface area contributed by atoms with Crippen LogP contribution in [0.25, 0.3) is 50.2 Å². The predicted molar refractivity (Wildman–Crippen MR) is 208 cm³/mol. The lowest BCUT2D eigenvalue weighted by Crippen LogP contribution is -2.28. The summed E-state index contributed by atoms with van der Waals surface area (Å²) in [5.41, 5.74) is 10.3. The molecule has 1 heteroatoms. The van der Waals surface area contributed by atoms with Gasteiger partial charge in [-0.05, 0) is 117 Å². The zero-order chi connectivity index (χ0) is 33.2. The van der Waals surface area contributed by atoms with Gasteiger partial charge >= 0.3 is 0 Å². The Morgan fingerprint density at radius 3 is 2.38 bits per heavy atom. The Morgan fingerprint density at radius 2 is 1.65 bits per heavy atom. The normalized spacial score (nSPS) is 18.5. The number of aromatic nitrogens is 1. The van der Waals surface area contributed by atoms with Crippen LogP contribution in [0.4, 0.5) is 0 Å². The van der Waals surface area contributed by atoms with Gasteiger partial charge < -0.3 is 0 Å². The third-order valence-electron chi connectivity index (χ3n) is 10.5. The van der Waals surface area contributed by atoms with Crippen molar-refractivity contribution in [1.82, 2.24) is 4.98 Å². The summed E-state index contributed by atoms with van der Waals surface area (Å²) < 4.78 is 0. The minimum absolute atomic E-state index is 0.0942. The summed E-state index contributed by atoms with van der Waals surface area (Å²) in [4.78, 5) is 5.17. The van der Waals surface area contributed by atoms with E-state index in [0.29, 0.717) is 5.92 Å². The highest BCUT2D eigenvalue weighted by Gasteiger charge is 2.21. The summed E-state index contributed by atoms with van der Waals surface area (Å²) in [6.45, 7) is 13.8. The molecule has 0 bridgehead atoms. The molecule has 48 heavy (non-hydrogen) atoms. The van der Waals surface area contributed by atoms with E-state index in [0.717, 1.165) is 40.6 Å². The van der Waals surface area contributed by atoms with Crippen LogP contribution in [0.15, 0.2) is 120 Å². The summed E-state index contributed by atoms with van der Waals surface area (Å²) in [5, 5.41) is 8.75. The fourth-order valence-electron chi connectivity index (χ4n) is 7.83. The van der Waals surface area contributed by atoms with Gasteiger partial charge in [-0.1, -0.05) is 136 Å². The zero-order valence-electron chi connectivity index (χ0n) is 28.9. The molecule has 0 N–H and O–H groups in total. The fourth-order valence-corrected chi connectivity index (χ4v) is 7.83. The van der Waals surface area contributed by atoms with Crippen molar-refractivity contribution in [2.75, 3.05) is 0 Å². The molecule has 1 heterocycles. The quantitative estimate of drug-likeness (QED) is 0.0952. The lowest BCUT2D eigenvalue weighted by Gasteiger charge is -2.27. The van der Waals surface area contributed by atoms with Gasteiger partial charge in [-0.2, -0.15) is 0 Å². The first-order chi connectivity index (χ1) is 23.5. The minimum Gasteiger partial charge on any atom is -0.251 e. The first-order valence-corrected chi connectivity index (χ1v) is 17.8. The van der Waals surface area contributed by atoms with Gasteiger partial charge in [-0.3, -0.25) is 4.98 Å². The molecule has 0 radical (unpaired) electrons. The average Bonchev–Trinajstić information content (AvgIpc) is 3.11. The number of hydrogen-bond acceptors (Lipinski definition) is 1. The molecule has 2 unspecified atom stereocenters. The lowest BCUT2D eigenvalue weighted by atomic mass is 9.78. The highest BCUT2D eigenvalue weighted by Crippen LogP contribution is 2.38. The smallest absolute Gasteiger partial charge is 0.0814 e. The number of pyridine rings is 1. The van der Waals surface area contributed by atoms with Crippen LogP contribution >= 0.6 is 0 Å². The highest BCUT2D eigenvalue weighted by atomic mass is 14.7. The molecule has 238 valence electrons. The van der Waals surface area contributed by atoms with E-state index in [4.69, 9.17) is 4.98 Å². The van der Waals surface area contributed by atoms with E-state index in [-0.39, 0.29) is 5.92 Å². The van der Waals surface area contributed by atoms with Crippen LogP contribution in [0.1, 0.15) is 83.4 Å². The molecule has 2 atom stereocenters. The third kappa shape index (κ3) is 5.97. The molecule has 1 nitrogen and oxygen atoms in total. The van der Waals surface area contributed by atoms with E-state index in [9.17, 15) is 0 Å². The van der Waals surface area contributed by atoms with Crippen LogP contribution in [-0.2, 0) is 0 Å². The molecule has 5 aromatic rings. The molecule has 0 amide bonds. The Labute approximate surface area is 285 Å². The standard InChI is InChI=1S/C47H45N/c1-6-14-35-24-23-34(33(5)47(35)31(3)7-2)22-21-32(4)36-25-27-46-38(29-36)26-28-45(48-46)37-15-8-9-19-42-40-17-11-10-16-39(40)41-18-12-13-20-43(41)44(42)30-37/h10-13,16-22,25-31,37H,4,6-7,9,14,23-24H2,1-3,5H3/b22-21-,42-19-,44-30+. The molecule has 0 aliphatic heterocycles. The van der Waals surface area contributed by atoms with Crippen molar-refractivity contribution in [3.05, 3.63) is 142 Å². The summed E-state index contributed by atoms with van der Waals surface area (Å²) in [7, 11) is 0. The SMILES string of the molecule is C=C(/C=C\C1=C(C)C(C(C)CC)=C(CCC)CC1)c1ccc2nc(C3C#CC/C=c4\c(c5ccccc5c5ccccc45)=C/3)ccc2c1. The van der Waals surface area contributed by atoms with Crippen molar-refractivity contribution < 1.29 is 0 Å². The van der Waals surface area contributed by atoms with Gasteiger partial charge in [-0.15, -0.1) is 0 Å². The molecule has 0 spiro atoms. The number of hydrogen-bond donors (Lipinski definition) is 0. The Morgan fingerprint density at radius 1 is 0.917 bits per heavy atom. The van der Waals surface area contributed by atoms with Crippen molar-refractivity contribution in [3.63, 3.8) is 0 Å². The minimum atomic E-state index is -0.0942. The average molecular weight is 624 g/mol. The van der Waals surface area contributed by atoms with Crippen LogP contribution < -0.4 is 10.4 Å². The van der Waals surface area contributed by atoms with Crippen LogP contribution in [0.3, 0.4) is 0 Å². The molecule has 0 fully saturated rings. The van der Waals surface area contributed by atoms with E-state index < -0.39 is 0 Å². The Hall–Kier alpha value is -4.93. The maximum atomic E-state index is 5.17. The van der Waals surface area contributed by atoms with E-state index in [1.54, 1.807) is 11.1 Å². The second kappa shape index (κ2) is 13.7. The van der Waals surface area contributed by atoms with Crippen molar-refractivity contribution in [3.8, 4) is 11.8 Å². The predicted octanol–water partition coefficient (Wildman–Crippen LogP) is 11.1. The van der Waals surface area contributed by atoms with Crippen molar-refractivity contribution in [1.29, 1.82) is 0 Å². The largest absolute Gasteiger partial charge is 0.251 e. The van der Waals surface area contributed by atoms with Crippen molar-refractivity contribution >= 4 is 50.2 Å². The summed E-state index contributed by atoms with van der Waals surface area (Å²) in [6.07, 6.45) is 15.8. The van der Waals surface area contributed by atoms with E-state index >= 15 is 0 Å². The summed E-state index contributed by atoms with van der Waals surface area (Å²) in [6, 6.07) is 28.4. The van der Waals surface area contributed by atoms with Gasteiger partial charge in [0.2, 0.25) is 0 Å². The molecule has 7 rings (SSSR count). The van der Waals surface area contributed by atoms with Gasteiger partial charge in [0.1, 0.15) is 0 Å². The molecule has 2 aliphatic rings. The first kappa shape index (κ1) is 31.7. The summed E-state index contributed by atoms with van der Waals surface area (Å²) in [5.74, 6) is 7.47. The van der Waals surface area contributed by atoms with Gasteiger partial charge in [0, 0.05) is 11.8 Å². The highest BCUT2D eigenvalue weighted by molar-refractivity contribution is 6.08. The van der Waals surface area contributed by atoms with Gasteiger partial charge in [0.25, 0.3) is 0 Å². The number of nitrogens with zero attached hydrogens (tertiary/aromatic N) is 1. The fraction of sp³-hybridized carbons (Fsp3) is 0.255. The Bertz CT molecular complexity index is 2370. The van der Waals surface area contributed by atoms with Crippen LogP contribution in [-0.4, -0.2) is 4.98 Å². The molecular weight excluding hydrogens is 579 g/mol. The molecule has 0 saturated heterocycles. The summed E-state index contributed by atoms with van der Waals surface area (Å²) >= 11 is 0. The number of fused-ring (bicyclic) bond motifs is 7. The topological polar surface area (TPSA) is 12.9 Å². The maximum Gasteiger partial charge on any atom is 0.0814 e. The maximum absolute atomic E-state index is 5.17. The zero-order valence-corrected chi connectivity index (χ0v) is 28.9. The van der Waals surface area contributed by atoms with E-state index in [1.807, 2.05) is 0 Å².